The molecule has 0 amide bonds. The molecule has 0 aliphatic carbocycles. The Morgan fingerprint density at radius 1 is 0.791 bits per heavy atom. The minimum atomic E-state index is -0.743. The van der Waals surface area contributed by atoms with Gasteiger partial charge in [-0.3, -0.25) is 9.59 Å². The van der Waals surface area contributed by atoms with Crippen molar-refractivity contribution >= 4 is 23.0 Å². The van der Waals surface area contributed by atoms with Gasteiger partial charge in [-0.1, -0.05) is 54.6 Å². The second kappa shape index (κ2) is 13.1. The van der Waals surface area contributed by atoms with Crippen molar-refractivity contribution in [2.75, 3.05) is 26.2 Å². The summed E-state index contributed by atoms with van der Waals surface area (Å²) in [5.74, 6) is -1.24. The predicted molar refractivity (Wildman–Crippen MR) is 167 cm³/mol. The number of rotatable bonds is 12. The van der Waals surface area contributed by atoms with Crippen molar-refractivity contribution < 1.29 is 19.8 Å². The summed E-state index contributed by atoms with van der Waals surface area (Å²) in [6.07, 6.45) is 3.57. The molecule has 2 aliphatic rings. The Hall–Kier alpha value is -4.01. The third-order valence-electron chi connectivity index (χ3n) is 9.35. The molecular formula is C35H40N4O4. The van der Waals surface area contributed by atoms with Crippen molar-refractivity contribution in [1.29, 1.82) is 0 Å². The summed E-state index contributed by atoms with van der Waals surface area (Å²) in [5, 5.41) is 26.6. The normalized spacial score (nSPS) is 19.9. The molecule has 2 aliphatic heterocycles. The van der Waals surface area contributed by atoms with Gasteiger partial charge in [-0.25, -0.2) is 4.98 Å². The molecule has 4 N–H and O–H groups in total. The number of nitrogens with one attached hydrogen (secondary N) is 2. The van der Waals surface area contributed by atoms with Crippen LogP contribution in [-0.2, 0) is 35.4 Å². The number of carboxylic acids is 2. The van der Waals surface area contributed by atoms with E-state index in [9.17, 15) is 19.8 Å². The smallest absolute Gasteiger partial charge is 0.307 e. The van der Waals surface area contributed by atoms with Crippen LogP contribution in [0.5, 0.6) is 0 Å². The second-order valence-electron chi connectivity index (χ2n) is 12.1. The molecule has 4 atom stereocenters. The van der Waals surface area contributed by atoms with Gasteiger partial charge in [0.15, 0.2) is 0 Å². The molecule has 224 valence electrons. The molecule has 43 heavy (non-hydrogen) atoms. The van der Waals surface area contributed by atoms with Crippen LogP contribution < -0.4 is 10.6 Å². The first kappa shape index (κ1) is 29.1. The highest BCUT2D eigenvalue weighted by atomic mass is 16.4. The van der Waals surface area contributed by atoms with Gasteiger partial charge in [0.2, 0.25) is 0 Å². The molecule has 0 saturated carbocycles. The first-order chi connectivity index (χ1) is 21.0. The molecule has 1 aromatic heterocycles. The van der Waals surface area contributed by atoms with Gasteiger partial charge in [-0.05, 0) is 105 Å². The van der Waals surface area contributed by atoms with Crippen LogP contribution in [-0.4, -0.2) is 57.9 Å². The van der Waals surface area contributed by atoms with E-state index >= 15 is 0 Å². The van der Waals surface area contributed by atoms with Gasteiger partial charge in [-0.15, -0.1) is 0 Å². The molecule has 0 unspecified atom stereocenters. The largest absolute Gasteiger partial charge is 0.481 e. The Kier molecular flexibility index (Phi) is 8.86. The first-order valence-corrected chi connectivity index (χ1v) is 15.5. The Bertz CT molecular complexity index is 1570. The molecule has 8 heteroatoms. The van der Waals surface area contributed by atoms with Crippen molar-refractivity contribution in [1.82, 2.24) is 20.2 Å². The third kappa shape index (κ3) is 6.65. The number of aliphatic carboxylic acids is 2. The Labute approximate surface area is 252 Å². The van der Waals surface area contributed by atoms with Crippen LogP contribution in [0.15, 0.2) is 72.8 Å². The number of carboxylic acid groups (broad SMARTS) is 2. The van der Waals surface area contributed by atoms with Crippen LogP contribution in [0.4, 0.5) is 0 Å². The SMILES string of the molecule is O=C(O)[C@@H](Cc1cccc(-c2nc3cc(C[C@H](C(=O)O)[C@H]4CCNC4)ccc3n2CCc2ccccc2)c1)[C@H]1CCNC1. The number of imidazole rings is 1. The third-order valence-corrected chi connectivity index (χ3v) is 9.35. The molecule has 4 aromatic rings. The van der Waals surface area contributed by atoms with E-state index < -0.39 is 23.8 Å². The topological polar surface area (TPSA) is 116 Å². The Balaban J connectivity index is 1.33. The van der Waals surface area contributed by atoms with Crippen LogP contribution in [0.2, 0.25) is 0 Å². The molecule has 8 nitrogen and oxygen atoms in total. The van der Waals surface area contributed by atoms with Gasteiger partial charge in [0.05, 0.1) is 22.9 Å². The lowest BCUT2D eigenvalue weighted by molar-refractivity contribution is -0.144. The maximum absolute atomic E-state index is 12.2. The van der Waals surface area contributed by atoms with Gasteiger partial charge in [0.1, 0.15) is 5.82 Å². The van der Waals surface area contributed by atoms with E-state index in [2.05, 4.69) is 57.7 Å². The summed E-state index contributed by atoms with van der Waals surface area (Å²) in [5.41, 5.74) is 6.03. The standard InChI is InChI=1S/C35H40N4O4/c40-34(41)29(27-11-14-36-21-27)18-24-7-4-8-26(17-24)33-38-31-20-25(19-30(35(42)43)28-12-15-37-22-28)9-10-32(31)39(33)16-13-23-5-2-1-3-6-23/h1-10,17,20,27-30,36-37H,11-16,18-19,21-22H2,(H,40,41)(H,42,43)/t27-,28-,29-,30-/m0/s1. The molecule has 2 fully saturated rings. The number of hydrogen-bond donors (Lipinski definition) is 4. The zero-order valence-corrected chi connectivity index (χ0v) is 24.4. The van der Waals surface area contributed by atoms with Crippen LogP contribution in [0.3, 0.4) is 0 Å². The van der Waals surface area contributed by atoms with Crippen molar-refractivity contribution in [3.63, 3.8) is 0 Å². The first-order valence-electron chi connectivity index (χ1n) is 15.5. The summed E-state index contributed by atoms with van der Waals surface area (Å²) in [6, 6.07) is 24.7. The number of hydrogen-bond acceptors (Lipinski definition) is 5. The molecule has 2 saturated heterocycles. The lowest BCUT2D eigenvalue weighted by Crippen LogP contribution is -2.27. The van der Waals surface area contributed by atoms with Gasteiger partial charge < -0.3 is 25.4 Å². The van der Waals surface area contributed by atoms with E-state index in [0.29, 0.717) is 12.8 Å². The fourth-order valence-corrected chi connectivity index (χ4v) is 6.93. The highest BCUT2D eigenvalue weighted by Crippen LogP contribution is 2.31. The quantitative estimate of drug-likeness (QED) is 0.193. The zero-order valence-electron chi connectivity index (χ0n) is 24.4. The highest BCUT2D eigenvalue weighted by Gasteiger charge is 2.32. The van der Waals surface area contributed by atoms with E-state index in [-0.39, 0.29) is 11.8 Å². The van der Waals surface area contributed by atoms with Crippen LogP contribution in [0.25, 0.3) is 22.4 Å². The maximum Gasteiger partial charge on any atom is 0.307 e. The molecule has 0 bridgehead atoms. The number of aromatic nitrogens is 2. The monoisotopic (exact) mass is 580 g/mol. The van der Waals surface area contributed by atoms with E-state index in [1.54, 1.807) is 0 Å². The molecule has 6 rings (SSSR count). The lowest BCUT2D eigenvalue weighted by atomic mass is 9.86. The van der Waals surface area contributed by atoms with Crippen molar-refractivity contribution in [3.05, 3.63) is 89.5 Å². The fraction of sp³-hybridized carbons (Fsp3) is 0.400. The minimum Gasteiger partial charge on any atom is -0.481 e. The van der Waals surface area contributed by atoms with Crippen molar-refractivity contribution in [2.24, 2.45) is 23.7 Å². The number of aryl methyl sites for hydroxylation is 2. The fourth-order valence-electron chi connectivity index (χ4n) is 6.93. The highest BCUT2D eigenvalue weighted by molar-refractivity contribution is 5.82. The number of carbonyl (C=O) groups is 2. The Morgan fingerprint density at radius 3 is 2.02 bits per heavy atom. The maximum atomic E-state index is 12.2. The summed E-state index contributed by atoms with van der Waals surface area (Å²) >= 11 is 0. The lowest BCUT2D eigenvalue weighted by Gasteiger charge is -2.19. The molecule has 0 spiro atoms. The van der Waals surface area contributed by atoms with Crippen molar-refractivity contribution in [2.45, 2.75) is 38.6 Å². The summed E-state index contributed by atoms with van der Waals surface area (Å²) in [4.78, 5) is 29.5. The minimum absolute atomic E-state index is 0.129. The zero-order chi connectivity index (χ0) is 29.8. The second-order valence-corrected chi connectivity index (χ2v) is 12.1. The number of nitrogens with zero attached hydrogens (tertiary/aromatic N) is 2. The summed E-state index contributed by atoms with van der Waals surface area (Å²) in [7, 11) is 0. The molecular weight excluding hydrogens is 540 g/mol. The van der Waals surface area contributed by atoms with Gasteiger partial charge >= 0.3 is 11.9 Å². The van der Waals surface area contributed by atoms with Gasteiger partial charge in [-0.2, -0.15) is 0 Å². The van der Waals surface area contributed by atoms with E-state index in [0.717, 1.165) is 85.5 Å². The van der Waals surface area contributed by atoms with Crippen LogP contribution in [0.1, 0.15) is 29.5 Å². The molecule has 3 aromatic carbocycles. The summed E-state index contributed by atoms with van der Waals surface area (Å²) < 4.78 is 2.25. The van der Waals surface area contributed by atoms with Gasteiger partial charge in [0, 0.05) is 12.1 Å². The number of benzene rings is 3. The average Bonchev–Trinajstić information content (AvgIpc) is 3.80. The van der Waals surface area contributed by atoms with E-state index in [4.69, 9.17) is 4.98 Å². The van der Waals surface area contributed by atoms with Crippen molar-refractivity contribution in [3.8, 4) is 11.4 Å². The average molecular weight is 581 g/mol. The van der Waals surface area contributed by atoms with E-state index in [1.165, 1.54) is 5.56 Å². The predicted octanol–water partition coefficient (Wildman–Crippen LogP) is 4.65. The molecule has 3 heterocycles. The summed E-state index contributed by atoms with van der Waals surface area (Å²) in [6.45, 7) is 3.96. The number of fused-ring (bicyclic) bond motifs is 1. The van der Waals surface area contributed by atoms with Crippen LogP contribution in [0, 0.1) is 23.7 Å². The Morgan fingerprint density at radius 2 is 1.42 bits per heavy atom. The van der Waals surface area contributed by atoms with Gasteiger partial charge in [0.25, 0.3) is 0 Å². The molecule has 0 radical (unpaired) electrons. The van der Waals surface area contributed by atoms with E-state index in [1.807, 2.05) is 30.3 Å². The van der Waals surface area contributed by atoms with Crippen LogP contribution >= 0.6 is 0 Å².